The predicted octanol–water partition coefficient (Wildman–Crippen LogP) is 1.16. The molecule has 1 aromatic heterocycles. The smallest absolute Gasteiger partial charge is 0.270 e. The van der Waals surface area contributed by atoms with Gasteiger partial charge >= 0.3 is 12.0 Å². The van der Waals surface area contributed by atoms with E-state index in [4.69, 9.17) is 0 Å². The maximum absolute atomic E-state index is 12.6. The molecule has 1 fully saturated rings. The Bertz CT molecular complexity index is 716. The highest BCUT2D eigenvalue weighted by Gasteiger charge is 2.53. The lowest BCUT2D eigenvalue weighted by Crippen LogP contribution is -2.56. The summed E-state index contributed by atoms with van der Waals surface area (Å²) in [5, 5.41) is 0. The van der Waals surface area contributed by atoms with E-state index in [1.807, 2.05) is 18.4 Å². The first-order chi connectivity index (χ1) is 10.3. The zero-order valence-electron chi connectivity index (χ0n) is 13.9. The van der Waals surface area contributed by atoms with Crippen LogP contribution in [0.25, 0.3) is 0 Å². The lowest BCUT2D eigenvalue weighted by molar-refractivity contribution is -0.694. The second-order valence-electron chi connectivity index (χ2n) is 6.46. The summed E-state index contributed by atoms with van der Waals surface area (Å²) in [5.41, 5.74) is 2.13. The first-order valence-corrected chi connectivity index (χ1v) is 7.50. The number of imide groups is 1. The molecular weight excluding hydrogens is 282 g/mol. The Morgan fingerprint density at radius 2 is 1.82 bits per heavy atom. The van der Waals surface area contributed by atoms with E-state index in [9.17, 15) is 9.59 Å². The monoisotopic (exact) mass is 304 g/mol. The Kier molecular flexibility index (Phi) is 3.12. The number of amidine groups is 1. The van der Waals surface area contributed by atoms with E-state index < -0.39 is 6.04 Å². The van der Waals surface area contributed by atoms with E-state index in [-0.39, 0.29) is 11.9 Å². The number of aliphatic imine (C=N–C) groups is 1. The summed E-state index contributed by atoms with van der Waals surface area (Å²) in [7, 11) is 3.18. The molecule has 3 amide bonds. The minimum atomic E-state index is -0.533. The fraction of sp³-hybridized carbons (Fsp3) is 0.600. The van der Waals surface area contributed by atoms with E-state index in [0.29, 0.717) is 11.8 Å². The zero-order chi connectivity index (χ0) is 16.3. The highest BCUT2D eigenvalue weighted by Crippen LogP contribution is 2.34. The van der Waals surface area contributed by atoms with E-state index in [1.165, 1.54) is 16.8 Å². The third-order valence-electron chi connectivity index (χ3n) is 4.49. The lowest BCUT2D eigenvalue weighted by Gasteiger charge is -2.30. The molecule has 1 atom stereocenters. The van der Waals surface area contributed by atoms with Crippen molar-refractivity contribution in [2.75, 3.05) is 14.1 Å². The first-order valence-electron chi connectivity index (χ1n) is 7.50. The molecule has 118 valence electrons. The minimum absolute atomic E-state index is 0.226. The third-order valence-corrected chi connectivity index (χ3v) is 4.49. The average Bonchev–Trinajstić information content (AvgIpc) is 2.95. The van der Waals surface area contributed by atoms with Crippen molar-refractivity contribution in [2.24, 2.45) is 10.9 Å². The molecule has 0 aliphatic carbocycles. The van der Waals surface area contributed by atoms with E-state index in [0.717, 1.165) is 23.9 Å². The molecule has 0 saturated carbocycles. The number of imidazole rings is 1. The molecule has 2 aliphatic heterocycles. The van der Waals surface area contributed by atoms with Gasteiger partial charge in [-0.05, 0) is 19.8 Å². The van der Waals surface area contributed by atoms with Crippen LogP contribution in [0, 0.1) is 19.8 Å². The number of nitrogens with zero attached hydrogens (tertiary/aromatic N) is 5. The molecule has 0 bridgehead atoms. The molecule has 3 heterocycles. The van der Waals surface area contributed by atoms with Crippen molar-refractivity contribution in [3.05, 3.63) is 11.4 Å². The van der Waals surface area contributed by atoms with Crippen molar-refractivity contribution < 1.29 is 14.2 Å². The van der Waals surface area contributed by atoms with Crippen LogP contribution < -0.4 is 4.57 Å². The first kappa shape index (κ1) is 14.7. The molecule has 1 unspecified atom stereocenters. The quantitative estimate of drug-likeness (QED) is 0.770. The molecule has 7 nitrogen and oxygen atoms in total. The number of hydrogen-bond donors (Lipinski definition) is 0. The van der Waals surface area contributed by atoms with Crippen LogP contribution in [0.1, 0.15) is 31.3 Å². The largest absolute Gasteiger partial charge is 0.402 e. The van der Waals surface area contributed by atoms with Crippen LogP contribution in [0.15, 0.2) is 4.99 Å². The van der Waals surface area contributed by atoms with E-state index in [2.05, 4.69) is 23.4 Å². The number of carbonyl (C=O) groups is 2. The van der Waals surface area contributed by atoms with E-state index in [1.54, 1.807) is 7.05 Å². The van der Waals surface area contributed by atoms with Crippen molar-refractivity contribution >= 4 is 23.7 Å². The van der Waals surface area contributed by atoms with Gasteiger partial charge in [-0.3, -0.25) is 14.6 Å². The van der Waals surface area contributed by atoms with Gasteiger partial charge in [0.2, 0.25) is 11.9 Å². The SMILES string of the molecule is Cc1c(C)[n+](CC(C)C)c2n1C1C(=O)N(C)C(=O)N(C)C1=N2. The van der Waals surface area contributed by atoms with Gasteiger partial charge in [-0.25, -0.2) is 13.9 Å². The van der Waals surface area contributed by atoms with Gasteiger partial charge in [0.25, 0.3) is 5.91 Å². The fourth-order valence-electron chi connectivity index (χ4n) is 3.17. The van der Waals surface area contributed by atoms with Gasteiger partial charge in [-0.2, -0.15) is 0 Å². The van der Waals surface area contributed by atoms with Crippen LogP contribution in [-0.4, -0.2) is 46.2 Å². The zero-order valence-corrected chi connectivity index (χ0v) is 13.9. The molecule has 0 N–H and O–H groups in total. The van der Waals surface area contributed by atoms with Gasteiger partial charge in [0.1, 0.15) is 11.4 Å². The highest BCUT2D eigenvalue weighted by atomic mass is 16.2. The third kappa shape index (κ3) is 1.74. The van der Waals surface area contributed by atoms with Crippen LogP contribution in [0.3, 0.4) is 0 Å². The van der Waals surface area contributed by atoms with Crippen LogP contribution in [0.5, 0.6) is 0 Å². The Hall–Kier alpha value is -2.18. The second-order valence-corrected chi connectivity index (χ2v) is 6.46. The summed E-state index contributed by atoms with van der Waals surface area (Å²) in [5.74, 6) is 1.52. The molecule has 3 rings (SSSR count). The minimum Gasteiger partial charge on any atom is -0.270 e. The summed E-state index contributed by atoms with van der Waals surface area (Å²) in [4.78, 5) is 31.9. The molecule has 0 spiro atoms. The summed E-state index contributed by atoms with van der Waals surface area (Å²) >= 11 is 0. The van der Waals surface area contributed by atoms with Gasteiger partial charge in [0.15, 0.2) is 0 Å². The topological polar surface area (TPSA) is 61.8 Å². The number of amides is 3. The van der Waals surface area contributed by atoms with Crippen LogP contribution in [-0.2, 0) is 11.3 Å². The molecule has 7 heteroatoms. The number of aromatic nitrogens is 2. The molecule has 1 aromatic rings. The summed E-state index contributed by atoms with van der Waals surface area (Å²) in [6.45, 7) is 9.17. The second kappa shape index (κ2) is 4.66. The molecule has 2 aliphatic rings. The Morgan fingerprint density at radius 3 is 2.41 bits per heavy atom. The Balaban J connectivity index is 2.19. The van der Waals surface area contributed by atoms with Crippen molar-refractivity contribution in [3.63, 3.8) is 0 Å². The number of urea groups is 1. The van der Waals surface area contributed by atoms with Crippen molar-refractivity contribution in [1.29, 1.82) is 0 Å². The summed E-state index contributed by atoms with van der Waals surface area (Å²) < 4.78 is 4.09. The summed E-state index contributed by atoms with van der Waals surface area (Å²) in [6, 6.07) is -0.870. The molecule has 22 heavy (non-hydrogen) atoms. The highest BCUT2D eigenvalue weighted by molar-refractivity contribution is 6.20. The van der Waals surface area contributed by atoms with Gasteiger partial charge in [0.05, 0.1) is 6.54 Å². The van der Waals surface area contributed by atoms with Gasteiger partial charge in [-0.1, -0.05) is 18.8 Å². The van der Waals surface area contributed by atoms with Gasteiger partial charge in [-0.15, -0.1) is 0 Å². The van der Waals surface area contributed by atoms with Gasteiger partial charge in [0, 0.05) is 14.1 Å². The number of carbonyl (C=O) groups excluding carboxylic acids is 2. The molecular formula is C15H22N5O2+. The van der Waals surface area contributed by atoms with Crippen LogP contribution in [0.4, 0.5) is 10.7 Å². The van der Waals surface area contributed by atoms with Crippen LogP contribution >= 0.6 is 0 Å². The Labute approximate surface area is 129 Å². The van der Waals surface area contributed by atoms with E-state index >= 15 is 0 Å². The molecule has 0 aromatic carbocycles. The van der Waals surface area contributed by atoms with Crippen LogP contribution in [0.2, 0.25) is 0 Å². The summed E-state index contributed by atoms with van der Waals surface area (Å²) in [6.07, 6.45) is 0. The maximum Gasteiger partial charge on any atom is 0.402 e. The Morgan fingerprint density at radius 1 is 1.18 bits per heavy atom. The predicted molar refractivity (Wildman–Crippen MR) is 81.0 cm³/mol. The normalized spacial score (nSPS) is 20.7. The number of hydrogen-bond acceptors (Lipinski definition) is 3. The number of likely N-dealkylation sites (N-methyl/N-ethyl adjacent to an activating group) is 2. The maximum atomic E-state index is 12.6. The standard InChI is InChI=1S/C15H22N5O2/c1-8(2)7-19-9(3)10(4)20-11-12(16-14(19)20)17(5)15(22)18(6)13(11)21/h8,11H,7H2,1-6H3/q+1. The number of fused-ring (bicyclic) bond motifs is 3. The average molecular weight is 304 g/mol. The van der Waals surface area contributed by atoms with Crippen molar-refractivity contribution in [3.8, 4) is 0 Å². The van der Waals surface area contributed by atoms with Crippen molar-refractivity contribution in [1.82, 2.24) is 14.4 Å². The molecule has 0 radical (unpaired) electrons. The van der Waals surface area contributed by atoms with Crippen molar-refractivity contribution in [2.45, 2.75) is 40.3 Å². The fourth-order valence-corrected chi connectivity index (χ4v) is 3.17. The van der Waals surface area contributed by atoms with Gasteiger partial charge < -0.3 is 0 Å². The lowest BCUT2D eigenvalue weighted by atomic mass is 10.1. The number of rotatable bonds is 2. The molecule has 1 saturated heterocycles.